The van der Waals surface area contributed by atoms with E-state index < -0.39 is 0 Å². The SMILES string of the molecule is CCNC(Cc1cc(Cl)ccc1F)c1cc(Cl)ccc1Cl. The van der Waals surface area contributed by atoms with E-state index in [1.54, 1.807) is 24.3 Å². The predicted molar refractivity (Wildman–Crippen MR) is 88.0 cm³/mol. The third-order valence-electron chi connectivity index (χ3n) is 3.22. The van der Waals surface area contributed by atoms with Crippen LogP contribution in [-0.4, -0.2) is 6.54 Å². The minimum atomic E-state index is -0.277. The summed E-state index contributed by atoms with van der Waals surface area (Å²) in [5.74, 6) is -0.277. The van der Waals surface area contributed by atoms with Gasteiger partial charge in [0.05, 0.1) is 0 Å². The molecule has 2 aromatic carbocycles. The summed E-state index contributed by atoms with van der Waals surface area (Å²) in [6, 6.07) is 9.71. The molecule has 5 heteroatoms. The Balaban J connectivity index is 2.35. The maximum absolute atomic E-state index is 13.9. The lowest BCUT2D eigenvalue weighted by Crippen LogP contribution is -2.23. The standard InChI is InChI=1S/C16H15Cl3FN/c1-2-21-16(13-9-12(18)3-5-14(13)19)8-10-7-11(17)4-6-15(10)20/h3-7,9,16,21H,2,8H2,1H3. The monoisotopic (exact) mass is 345 g/mol. The van der Waals surface area contributed by atoms with E-state index in [0.29, 0.717) is 27.1 Å². The molecule has 0 fully saturated rings. The van der Waals surface area contributed by atoms with Crippen molar-refractivity contribution < 1.29 is 4.39 Å². The molecule has 0 saturated heterocycles. The second kappa shape index (κ2) is 7.46. The first-order valence-electron chi connectivity index (χ1n) is 6.63. The average molecular weight is 347 g/mol. The summed E-state index contributed by atoms with van der Waals surface area (Å²) >= 11 is 18.2. The first-order chi connectivity index (χ1) is 10.0. The van der Waals surface area contributed by atoms with Crippen molar-refractivity contribution >= 4 is 34.8 Å². The highest BCUT2D eigenvalue weighted by atomic mass is 35.5. The molecule has 0 aliphatic carbocycles. The van der Waals surface area contributed by atoms with Crippen LogP contribution in [0.5, 0.6) is 0 Å². The van der Waals surface area contributed by atoms with Gasteiger partial charge in [0.2, 0.25) is 0 Å². The summed E-state index contributed by atoms with van der Waals surface area (Å²) in [5.41, 5.74) is 1.40. The van der Waals surface area contributed by atoms with Gasteiger partial charge in [0.1, 0.15) is 5.82 Å². The first kappa shape index (κ1) is 16.6. The third kappa shape index (κ3) is 4.33. The molecule has 0 aliphatic rings. The Labute approximate surface area is 139 Å². The number of rotatable bonds is 5. The highest BCUT2D eigenvalue weighted by Gasteiger charge is 2.17. The number of halogens is 4. The number of hydrogen-bond donors (Lipinski definition) is 1. The van der Waals surface area contributed by atoms with Crippen LogP contribution in [0.4, 0.5) is 4.39 Å². The van der Waals surface area contributed by atoms with Crippen LogP contribution in [0.15, 0.2) is 36.4 Å². The summed E-state index contributed by atoms with van der Waals surface area (Å²) in [4.78, 5) is 0. The van der Waals surface area contributed by atoms with Gasteiger partial charge in [-0.3, -0.25) is 0 Å². The zero-order valence-corrected chi connectivity index (χ0v) is 13.7. The molecule has 1 nitrogen and oxygen atoms in total. The summed E-state index contributed by atoms with van der Waals surface area (Å²) in [7, 11) is 0. The maximum Gasteiger partial charge on any atom is 0.126 e. The van der Waals surface area contributed by atoms with Gasteiger partial charge < -0.3 is 5.32 Å². The fourth-order valence-electron chi connectivity index (χ4n) is 2.24. The molecule has 0 spiro atoms. The van der Waals surface area contributed by atoms with Crippen LogP contribution in [0.1, 0.15) is 24.1 Å². The fraction of sp³-hybridized carbons (Fsp3) is 0.250. The van der Waals surface area contributed by atoms with Crippen molar-refractivity contribution in [2.75, 3.05) is 6.54 Å². The van der Waals surface area contributed by atoms with Gasteiger partial charge in [0.15, 0.2) is 0 Å². The van der Waals surface area contributed by atoms with Crippen molar-refractivity contribution in [2.24, 2.45) is 0 Å². The van der Waals surface area contributed by atoms with E-state index in [0.717, 1.165) is 12.1 Å². The molecule has 1 atom stereocenters. The van der Waals surface area contributed by atoms with Gasteiger partial charge in [0.25, 0.3) is 0 Å². The largest absolute Gasteiger partial charge is 0.310 e. The zero-order valence-electron chi connectivity index (χ0n) is 11.5. The van der Waals surface area contributed by atoms with Crippen LogP contribution < -0.4 is 5.32 Å². The Bertz CT molecular complexity index is 631. The third-order valence-corrected chi connectivity index (χ3v) is 4.03. The van der Waals surface area contributed by atoms with Crippen molar-refractivity contribution in [3.8, 4) is 0 Å². The Morgan fingerprint density at radius 2 is 1.71 bits per heavy atom. The fourth-order valence-corrected chi connectivity index (χ4v) is 2.86. The zero-order chi connectivity index (χ0) is 15.4. The second-order valence-electron chi connectivity index (χ2n) is 4.72. The van der Waals surface area contributed by atoms with E-state index in [-0.39, 0.29) is 11.9 Å². The van der Waals surface area contributed by atoms with Gasteiger partial charge in [-0.2, -0.15) is 0 Å². The molecule has 0 bridgehead atoms. The highest BCUT2D eigenvalue weighted by molar-refractivity contribution is 6.33. The van der Waals surface area contributed by atoms with Crippen LogP contribution in [0.2, 0.25) is 15.1 Å². The molecule has 0 saturated carbocycles. The van der Waals surface area contributed by atoms with Crippen LogP contribution in [0.3, 0.4) is 0 Å². The van der Waals surface area contributed by atoms with Gasteiger partial charge in [-0.15, -0.1) is 0 Å². The maximum atomic E-state index is 13.9. The van der Waals surface area contributed by atoms with Crippen LogP contribution in [-0.2, 0) is 6.42 Å². The van der Waals surface area contributed by atoms with Crippen molar-refractivity contribution in [1.29, 1.82) is 0 Å². The van der Waals surface area contributed by atoms with E-state index in [4.69, 9.17) is 34.8 Å². The Kier molecular flexibility index (Phi) is 5.88. The molecule has 112 valence electrons. The molecule has 0 heterocycles. The van der Waals surface area contributed by atoms with E-state index in [1.165, 1.54) is 12.1 Å². The molecule has 0 aliphatic heterocycles. The van der Waals surface area contributed by atoms with Crippen molar-refractivity contribution in [2.45, 2.75) is 19.4 Å². The van der Waals surface area contributed by atoms with E-state index in [1.807, 2.05) is 6.92 Å². The van der Waals surface area contributed by atoms with Crippen LogP contribution >= 0.6 is 34.8 Å². The molecular formula is C16H15Cl3FN. The van der Waals surface area contributed by atoms with E-state index in [2.05, 4.69) is 5.32 Å². The molecule has 0 radical (unpaired) electrons. The van der Waals surface area contributed by atoms with Crippen molar-refractivity contribution in [3.05, 3.63) is 68.4 Å². The van der Waals surface area contributed by atoms with Gasteiger partial charge in [-0.05, 0) is 60.5 Å². The smallest absolute Gasteiger partial charge is 0.126 e. The minimum absolute atomic E-state index is 0.130. The van der Waals surface area contributed by atoms with Gasteiger partial charge in [0, 0.05) is 21.1 Å². The molecule has 1 unspecified atom stereocenters. The topological polar surface area (TPSA) is 12.0 Å². The lowest BCUT2D eigenvalue weighted by Gasteiger charge is -2.20. The minimum Gasteiger partial charge on any atom is -0.310 e. The molecule has 21 heavy (non-hydrogen) atoms. The quantitative estimate of drug-likeness (QED) is 0.734. The summed E-state index contributed by atoms with van der Waals surface area (Å²) in [6.07, 6.45) is 0.445. The lowest BCUT2D eigenvalue weighted by atomic mass is 9.98. The Morgan fingerprint density at radius 3 is 2.43 bits per heavy atom. The normalized spacial score (nSPS) is 12.4. The first-order valence-corrected chi connectivity index (χ1v) is 7.77. The highest BCUT2D eigenvalue weighted by Crippen LogP contribution is 2.29. The van der Waals surface area contributed by atoms with E-state index in [9.17, 15) is 4.39 Å². The number of likely N-dealkylation sites (N-methyl/N-ethyl adjacent to an activating group) is 1. The summed E-state index contributed by atoms with van der Waals surface area (Å²) in [5, 5.41) is 5.03. The van der Waals surface area contributed by atoms with Crippen molar-refractivity contribution in [3.63, 3.8) is 0 Å². The molecule has 1 N–H and O–H groups in total. The predicted octanol–water partition coefficient (Wildman–Crippen LogP) is 5.68. The van der Waals surface area contributed by atoms with Crippen LogP contribution in [0.25, 0.3) is 0 Å². The van der Waals surface area contributed by atoms with Crippen molar-refractivity contribution in [1.82, 2.24) is 5.32 Å². The molecular weight excluding hydrogens is 332 g/mol. The van der Waals surface area contributed by atoms with Gasteiger partial charge in [-0.25, -0.2) is 4.39 Å². The Hall–Kier alpha value is -0.800. The number of benzene rings is 2. The second-order valence-corrected chi connectivity index (χ2v) is 6.00. The molecule has 2 aromatic rings. The number of hydrogen-bond acceptors (Lipinski definition) is 1. The molecule has 0 amide bonds. The lowest BCUT2D eigenvalue weighted by molar-refractivity contribution is 0.528. The van der Waals surface area contributed by atoms with Gasteiger partial charge >= 0.3 is 0 Å². The average Bonchev–Trinajstić information content (AvgIpc) is 2.45. The molecule has 2 rings (SSSR count). The Morgan fingerprint density at radius 1 is 1.05 bits per heavy atom. The molecule has 0 aromatic heterocycles. The van der Waals surface area contributed by atoms with Gasteiger partial charge in [-0.1, -0.05) is 41.7 Å². The van der Waals surface area contributed by atoms with Crippen LogP contribution in [0, 0.1) is 5.82 Å². The summed E-state index contributed by atoms with van der Waals surface area (Å²) in [6.45, 7) is 2.72. The van der Waals surface area contributed by atoms with E-state index >= 15 is 0 Å². The number of nitrogens with one attached hydrogen (secondary N) is 1. The summed E-state index contributed by atoms with van der Waals surface area (Å²) < 4.78 is 13.9.